The molecule has 0 amide bonds. The van der Waals surface area contributed by atoms with E-state index in [9.17, 15) is 9.59 Å². The molecule has 1 aromatic rings. The van der Waals surface area contributed by atoms with Crippen LogP contribution in [-0.2, 0) is 14.3 Å². The summed E-state index contributed by atoms with van der Waals surface area (Å²) in [7, 11) is 0. The van der Waals surface area contributed by atoms with Gasteiger partial charge in [0.2, 0.25) is 0 Å². The van der Waals surface area contributed by atoms with Gasteiger partial charge in [0.25, 0.3) is 0 Å². The van der Waals surface area contributed by atoms with E-state index in [0.29, 0.717) is 34.0 Å². The van der Waals surface area contributed by atoms with Crippen LogP contribution in [0.25, 0.3) is 0 Å². The fraction of sp³-hybridized carbons (Fsp3) is 0.500. The molecule has 8 heteroatoms. The summed E-state index contributed by atoms with van der Waals surface area (Å²) in [6.07, 6.45) is 4.94. The van der Waals surface area contributed by atoms with Gasteiger partial charge in [0.05, 0.1) is 16.7 Å². The lowest BCUT2D eigenvalue weighted by atomic mass is 9.81. The summed E-state index contributed by atoms with van der Waals surface area (Å²) in [6.45, 7) is 3.86. The monoisotopic (exact) mass is 429 g/mol. The Morgan fingerprint density at radius 2 is 1.75 bits per heavy atom. The molecule has 3 rings (SSSR count). The highest BCUT2D eigenvalue weighted by molar-refractivity contribution is 6.42. The van der Waals surface area contributed by atoms with E-state index < -0.39 is 11.9 Å². The van der Waals surface area contributed by atoms with Gasteiger partial charge in [0.15, 0.2) is 0 Å². The minimum absolute atomic E-state index is 0.519. The van der Waals surface area contributed by atoms with Crippen LogP contribution in [0.5, 0.6) is 0 Å². The van der Waals surface area contributed by atoms with Crippen LogP contribution >= 0.6 is 23.2 Å². The molecule has 6 nitrogen and oxygen atoms in total. The van der Waals surface area contributed by atoms with Gasteiger partial charge in [0.1, 0.15) is 0 Å². The zero-order valence-corrected chi connectivity index (χ0v) is 17.0. The SMILES string of the molecule is Clc1ccc([C@@H]2CCNC[C@@H]2COCC2CC2)cc1Cl.O=C(O)/C=C/C(=O)O. The summed E-state index contributed by atoms with van der Waals surface area (Å²) in [5.74, 6) is -0.639. The number of benzene rings is 1. The second-order valence-electron chi connectivity index (χ2n) is 7.02. The molecule has 1 aliphatic carbocycles. The Kier molecular flexibility index (Phi) is 9.25. The Hall–Kier alpha value is -1.60. The first-order valence-corrected chi connectivity index (χ1v) is 9.99. The summed E-state index contributed by atoms with van der Waals surface area (Å²) in [5.41, 5.74) is 1.29. The van der Waals surface area contributed by atoms with Crippen molar-refractivity contribution >= 4 is 35.1 Å². The Labute approximate surface area is 174 Å². The molecule has 1 saturated heterocycles. The van der Waals surface area contributed by atoms with Gasteiger partial charge in [-0.1, -0.05) is 29.3 Å². The van der Waals surface area contributed by atoms with Gasteiger partial charge in [0, 0.05) is 31.2 Å². The van der Waals surface area contributed by atoms with Crippen LogP contribution in [-0.4, -0.2) is 48.5 Å². The molecule has 1 aliphatic heterocycles. The maximum atomic E-state index is 9.55. The molecular weight excluding hydrogens is 405 g/mol. The van der Waals surface area contributed by atoms with E-state index in [4.69, 9.17) is 38.2 Å². The Balaban J connectivity index is 0.000000300. The molecule has 0 spiro atoms. The molecule has 3 N–H and O–H groups in total. The first-order valence-electron chi connectivity index (χ1n) is 9.24. The number of rotatable bonds is 7. The van der Waals surface area contributed by atoms with E-state index >= 15 is 0 Å². The fourth-order valence-electron chi connectivity index (χ4n) is 3.09. The van der Waals surface area contributed by atoms with Crippen molar-refractivity contribution in [3.8, 4) is 0 Å². The summed E-state index contributed by atoms with van der Waals surface area (Å²) in [6, 6.07) is 6.04. The van der Waals surface area contributed by atoms with Crippen LogP contribution < -0.4 is 5.32 Å². The molecule has 2 atom stereocenters. The van der Waals surface area contributed by atoms with E-state index in [2.05, 4.69) is 11.4 Å². The zero-order valence-electron chi connectivity index (χ0n) is 15.4. The summed E-state index contributed by atoms with van der Waals surface area (Å²) in [4.78, 5) is 19.1. The molecule has 0 aromatic heterocycles. The van der Waals surface area contributed by atoms with Crippen LogP contribution in [0.1, 0.15) is 30.7 Å². The average molecular weight is 430 g/mol. The third-order valence-corrected chi connectivity index (χ3v) is 5.47. The van der Waals surface area contributed by atoms with Crippen molar-refractivity contribution in [2.24, 2.45) is 11.8 Å². The number of piperidine rings is 1. The van der Waals surface area contributed by atoms with Crippen molar-refractivity contribution in [1.82, 2.24) is 5.32 Å². The molecule has 0 radical (unpaired) electrons. The molecule has 154 valence electrons. The molecule has 1 heterocycles. The second-order valence-corrected chi connectivity index (χ2v) is 7.84. The molecule has 1 saturated carbocycles. The van der Waals surface area contributed by atoms with Gasteiger partial charge in [-0.3, -0.25) is 0 Å². The van der Waals surface area contributed by atoms with Crippen molar-refractivity contribution in [1.29, 1.82) is 0 Å². The van der Waals surface area contributed by atoms with Gasteiger partial charge in [-0.15, -0.1) is 0 Å². The number of nitrogens with one attached hydrogen (secondary N) is 1. The van der Waals surface area contributed by atoms with Gasteiger partial charge in [-0.05, 0) is 55.3 Å². The van der Waals surface area contributed by atoms with Gasteiger partial charge >= 0.3 is 11.9 Å². The largest absolute Gasteiger partial charge is 0.478 e. The quantitative estimate of drug-likeness (QED) is 0.570. The molecule has 2 fully saturated rings. The molecule has 28 heavy (non-hydrogen) atoms. The number of carboxylic acid groups (broad SMARTS) is 2. The number of carbonyl (C=O) groups is 2. The number of ether oxygens (including phenoxy) is 1. The second kappa shape index (κ2) is 11.4. The average Bonchev–Trinajstić information content (AvgIpc) is 3.48. The number of aliphatic carboxylic acids is 2. The minimum Gasteiger partial charge on any atom is -0.478 e. The molecule has 0 bridgehead atoms. The van der Waals surface area contributed by atoms with Crippen LogP contribution in [0.2, 0.25) is 10.0 Å². The molecule has 2 aliphatic rings. The standard InChI is InChI=1S/C16H21Cl2NO.C4H4O4/c17-15-4-3-12(7-16(15)18)14-5-6-19-8-13(14)10-20-9-11-1-2-11;5-3(6)1-2-4(7)8/h3-4,7,11,13-14,19H,1-2,5-6,8-10H2;1-2H,(H,5,6)(H,7,8)/b;2-1+/t13-,14+;/m1./s1. The fourth-order valence-corrected chi connectivity index (χ4v) is 3.40. The van der Waals surface area contributed by atoms with Crippen molar-refractivity contribution in [2.45, 2.75) is 25.2 Å². The van der Waals surface area contributed by atoms with Crippen molar-refractivity contribution in [2.75, 3.05) is 26.3 Å². The van der Waals surface area contributed by atoms with Crippen LogP contribution in [0.15, 0.2) is 30.4 Å². The lowest BCUT2D eigenvalue weighted by Gasteiger charge is -2.32. The third kappa shape index (κ3) is 8.19. The van der Waals surface area contributed by atoms with E-state index in [1.54, 1.807) is 0 Å². The molecule has 0 unspecified atom stereocenters. The summed E-state index contributed by atoms with van der Waals surface area (Å²) >= 11 is 12.2. The third-order valence-electron chi connectivity index (χ3n) is 4.73. The maximum absolute atomic E-state index is 9.55. The first-order chi connectivity index (χ1) is 13.4. The van der Waals surface area contributed by atoms with E-state index in [1.807, 2.05) is 12.1 Å². The van der Waals surface area contributed by atoms with Gasteiger partial charge in [-0.25, -0.2) is 9.59 Å². The van der Waals surface area contributed by atoms with E-state index in [1.165, 1.54) is 18.4 Å². The lowest BCUT2D eigenvalue weighted by Crippen LogP contribution is -2.38. The van der Waals surface area contributed by atoms with Crippen LogP contribution in [0, 0.1) is 11.8 Å². The number of hydrogen-bond donors (Lipinski definition) is 3. The van der Waals surface area contributed by atoms with Gasteiger partial charge < -0.3 is 20.3 Å². The van der Waals surface area contributed by atoms with Crippen molar-refractivity contribution in [3.63, 3.8) is 0 Å². The predicted octanol–water partition coefficient (Wildman–Crippen LogP) is 3.82. The van der Waals surface area contributed by atoms with Crippen LogP contribution in [0.3, 0.4) is 0 Å². The topological polar surface area (TPSA) is 95.9 Å². The van der Waals surface area contributed by atoms with Crippen LogP contribution in [0.4, 0.5) is 0 Å². The van der Waals surface area contributed by atoms with Crippen molar-refractivity contribution in [3.05, 3.63) is 46.0 Å². The smallest absolute Gasteiger partial charge is 0.328 e. The summed E-state index contributed by atoms with van der Waals surface area (Å²) < 4.78 is 5.90. The number of carboxylic acids is 2. The first kappa shape index (κ1) is 22.7. The highest BCUT2D eigenvalue weighted by Crippen LogP contribution is 2.35. The molecule has 1 aromatic carbocycles. The number of hydrogen-bond acceptors (Lipinski definition) is 4. The maximum Gasteiger partial charge on any atom is 0.328 e. The van der Waals surface area contributed by atoms with E-state index in [0.717, 1.165) is 38.6 Å². The van der Waals surface area contributed by atoms with Gasteiger partial charge in [-0.2, -0.15) is 0 Å². The highest BCUT2D eigenvalue weighted by Gasteiger charge is 2.28. The van der Waals surface area contributed by atoms with E-state index in [-0.39, 0.29) is 0 Å². The predicted molar refractivity (Wildman–Crippen MR) is 108 cm³/mol. The van der Waals surface area contributed by atoms with Crippen molar-refractivity contribution < 1.29 is 24.5 Å². The Bertz CT molecular complexity index is 690. The molecular formula is C20H25Cl2NO5. The lowest BCUT2D eigenvalue weighted by molar-refractivity contribution is -0.134. The number of halogens is 2. The summed E-state index contributed by atoms with van der Waals surface area (Å²) in [5, 5.41) is 20.4. The highest BCUT2D eigenvalue weighted by atomic mass is 35.5. The normalized spacial score (nSPS) is 21.8. The zero-order chi connectivity index (χ0) is 20.5. The Morgan fingerprint density at radius 3 is 2.32 bits per heavy atom. The minimum atomic E-state index is -1.26. The Morgan fingerprint density at radius 1 is 1.07 bits per heavy atom.